The number of thiophene rings is 1. The van der Waals surface area contributed by atoms with Gasteiger partial charge in [0.25, 0.3) is 0 Å². The summed E-state index contributed by atoms with van der Waals surface area (Å²) in [5.41, 5.74) is 6.31. The third kappa shape index (κ3) is 8.20. The molecule has 0 amide bonds. The van der Waals surface area contributed by atoms with E-state index >= 15 is 0 Å². The molecule has 0 bridgehead atoms. The van der Waals surface area contributed by atoms with Gasteiger partial charge in [0.2, 0.25) is 0 Å². The van der Waals surface area contributed by atoms with Gasteiger partial charge in [-0.3, -0.25) is 0 Å². The molecule has 0 saturated carbocycles. The SMILES string of the molecule is C[Si](C)(C)c1ccc(-c2[c-]cccc2)nc1.[2H]C([2H])(c1ccnc(-c2[c-]ccc3c2sc2cc(-c4ccc(F)cc4)ccc23)c1)C(C)C.[Ir]. The van der Waals surface area contributed by atoms with Crippen LogP contribution in [0.3, 0.4) is 0 Å². The van der Waals surface area contributed by atoms with Crippen LogP contribution in [0.5, 0.6) is 0 Å². The quantitative estimate of drug-likeness (QED) is 0.123. The van der Waals surface area contributed by atoms with Crippen LogP contribution in [0.15, 0.2) is 116 Å². The van der Waals surface area contributed by atoms with Crippen molar-refractivity contribution in [3.63, 3.8) is 0 Å². The van der Waals surface area contributed by atoms with Gasteiger partial charge in [0.1, 0.15) is 5.82 Å². The first-order valence-electron chi connectivity index (χ1n) is 16.5. The van der Waals surface area contributed by atoms with Crippen LogP contribution in [-0.2, 0) is 26.5 Å². The molecule has 0 aliphatic rings. The van der Waals surface area contributed by atoms with E-state index in [0.29, 0.717) is 5.56 Å². The van der Waals surface area contributed by atoms with Crippen LogP contribution in [0.25, 0.3) is 53.8 Å². The predicted molar refractivity (Wildman–Crippen MR) is 197 cm³/mol. The van der Waals surface area contributed by atoms with Crippen LogP contribution in [-0.4, -0.2) is 18.0 Å². The molecule has 7 aromatic rings. The fraction of sp³-hybridized carbons (Fsp3) is 0.171. The molecule has 1 radical (unpaired) electrons. The average molecular weight is 831 g/mol. The molecule has 0 unspecified atom stereocenters. The Balaban J connectivity index is 0.000000233. The van der Waals surface area contributed by atoms with Crippen molar-refractivity contribution in [2.45, 2.75) is 39.9 Å². The van der Waals surface area contributed by atoms with Crippen molar-refractivity contribution in [2.24, 2.45) is 5.92 Å². The molecule has 0 N–H and O–H groups in total. The summed E-state index contributed by atoms with van der Waals surface area (Å²) in [5, 5.41) is 3.68. The van der Waals surface area contributed by atoms with Gasteiger partial charge in [0.15, 0.2) is 0 Å². The Labute approximate surface area is 298 Å². The zero-order valence-corrected chi connectivity index (χ0v) is 31.3. The van der Waals surface area contributed by atoms with E-state index < -0.39 is 14.4 Å². The third-order valence-electron chi connectivity index (χ3n) is 7.70. The van der Waals surface area contributed by atoms with Gasteiger partial charge in [-0.2, -0.15) is 11.3 Å². The van der Waals surface area contributed by atoms with E-state index in [1.165, 1.54) is 17.3 Å². The molecule has 47 heavy (non-hydrogen) atoms. The van der Waals surface area contributed by atoms with Crippen molar-refractivity contribution in [3.8, 4) is 33.6 Å². The smallest absolute Gasteiger partial charge is 0.123 e. The van der Waals surface area contributed by atoms with Crippen LogP contribution in [0.4, 0.5) is 4.39 Å². The van der Waals surface area contributed by atoms with Crippen molar-refractivity contribution in [3.05, 3.63) is 139 Å². The topological polar surface area (TPSA) is 25.8 Å². The maximum Gasteiger partial charge on any atom is 0.123 e. The van der Waals surface area contributed by atoms with E-state index in [-0.39, 0.29) is 31.8 Å². The molecule has 3 aromatic heterocycles. The fourth-order valence-corrected chi connectivity index (χ4v) is 7.58. The van der Waals surface area contributed by atoms with Crippen LogP contribution in [0, 0.1) is 23.9 Å². The van der Waals surface area contributed by atoms with Gasteiger partial charge in [-0.15, -0.1) is 59.7 Å². The Hall–Kier alpha value is -3.80. The van der Waals surface area contributed by atoms with Gasteiger partial charge in [-0.25, -0.2) is 4.39 Å². The van der Waals surface area contributed by atoms with Gasteiger partial charge in [0, 0.05) is 39.9 Å². The molecular weight excluding hydrogens is 792 g/mol. The Bertz CT molecular complexity index is 2180. The number of fused-ring (bicyclic) bond motifs is 3. The number of halogens is 1. The van der Waals surface area contributed by atoms with Crippen LogP contribution in [0.2, 0.25) is 19.6 Å². The fourth-order valence-electron chi connectivity index (χ4n) is 5.29. The zero-order valence-electron chi connectivity index (χ0n) is 29.1. The molecule has 0 fully saturated rings. The zero-order chi connectivity index (χ0) is 34.1. The van der Waals surface area contributed by atoms with Gasteiger partial charge in [-0.05, 0) is 74.3 Å². The molecule has 0 saturated heterocycles. The maximum atomic E-state index is 13.3. The van der Waals surface area contributed by atoms with Crippen LogP contribution < -0.4 is 5.19 Å². The number of nitrogens with zero attached hydrogens (tertiary/aromatic N) is 2. The number of hydrogen-bond donors (Lipinski definition) is 0. The Kier molecular flexibility index (Phi) is 10.1. The van der Waals surface area contributed by atoms with Gasteiger partial charge >= 0.3 is 0 Å². The number of pyridine rings is 2. The first-order valence-corrected chi connectivity index (χ1v) is 19.8. The van der Waals surface area contributed by atoms with Gasteiger partial charge < -0.3 is 9.97 Å². The molecule has 6 heteroatoms. The minimum atomic E-state index is -1.43. The number of rotatable bonds is 6. The van der Waals surface area contributed by atoms with Gasteiger partial charge in [-0.1, -0.05) is 86.9 Å². The first kappa shape index (κ1) is 31.8. The summed E-state index contributed by atoms with van der Waals surface area (Å²) in [5.74, 6) is -0.389. The second-order valence-electron chi connectivity index (χ2n) is 12.6. The van der Waals surface area contributed by atoms with Crippen LogP contribution in [0.1, 0.15) is 22.2 Å². The molecule has 0 aliphatic heterocycles. The van der Waals surface area contributed by atoms with Gasteiger partial charge in [0.05, 0.1) is 8.07 Å². The number of benzene rings is 4. The Morgan fingerprint density at radius 3 is 2.28 bits per heavy atom. The largest absolute Gasteiger partial charge is 0.305 e. The molecule has 0 aliphatic carbocycles. The van der Waals surface area contributed by atoms with Crippen LogP contribution >= 0.6 is 11.3 Å². The molecule has 239 valence electrons. The molecule has 4 aromatic carbocycles. The third-order valence-corrected chi connectivity index (χ3v) is 10.9. The number of hydrogen-bond acceptors (Lipinski definition) is 3. The van der Waals surface area contributed by atoms with E-state index in [4.69, 9.17) is 2.74 Å². The second-order valence-corrected chi connectivity index (χ2v) is 18.7. The summed E-state index contributed by atoms with van der Waals surface area (Å²) < 4.78 is 32.4. The second kappa shape index (κ2) is 15.0. The van der Waals surface area contributed by atoms with E-state index in [1.54, 1.807) is 35.7 Å². The van der Waals surface area contributed by atoms with E-state index in [0.717, 1.165) is 53.8 Å². The van der Waals surface area contributed by atoms with Crippen molar-refractivity contribution < 1.29 is 27.2 Å². The molecule has 7 rings (SSSR count). The minimum Gasteiger partial charge on any atom is -0.305 e. The predicted octanol–water partition coefficient (Wildman–Crippen LogP) is 11.0. The molecule has 3 heterocycles. The maximum absolute atomic E-state index is 13.3. The summed E-state index contributed by atoms with van der Waals surface area (Å²) in [6.07, 6.45) is 2.26. The summed E-state index contributed by atoms with van der Waals surface area (Å²) >= 11 is 1.68. The van der Waals surface area contributed by atoms with Crippen molar-refractivity contribution in [2.75, 3.05) is 0 Å². The summed E-state index contributed by atoms with van der Waals surface area (Å²) in [4.78, 5) is 9.07. The summed E-state index contributed by atoms with van der Waals surface area (Å²) in [6.45, 7) is 10.8. The number of aromatic nitrogens is 2. The van der Waals surface area contributed by atoms with Crippen molar-refractivity contribution >= 4 is 44.8 Å². The van der Waals surface area contributed by atoms with Crippen molar-refractivity contribution in [1.82, 2.24) is 9.97 Å². The summed E-state index contributed by atoms with van der Waals surface area (Å²) in [6, 6.07) is 39.2. The first-order chi connectivity index (χ1) is 22.9. The molecular formula is C41H37FIrN2SSi-2. The van der Waals surface area contributed by atoms with E-state index in [9.17, 15) is 4.39 Å². The Morgan fingerprint density at radius 2 is 1.60 bits per heavy atom. The molecule has 0 spiro atoms. The normalized spacial score (nSPS) is 12.2. The van der Waals surface area contributed by atoms with E-state index in [2.05, 4.69) is 78.1 Å². The minimum absolute atomic E-state index is 0. The monoisotopic (exact) mass is 831 g/mol. The molecule has 2 nitrogen and oxygen atoms in total. The Morgan fingerprint density at radius 1 is 0.809 bits per heavy atom. The molecule has 0 atom stereocenters. The summed E-state index contributed by atoms with van der Waals surface area (Å²) in [7, 11) is -1.23. The average Bonchev–Trinajstić information content (AvgIpc) is 3.47. The van der Waals surface area contributed by atoms with E-state index in [1.807, 2.05) is 56.4 Å². The van der Waals surface area contributed by atoms with Crippen molar-refractivity contribution in [1.29, 1.82) is 0 Å². The standard InChI is InChI=1S/C27H21FNS.C14H16NSi.Ir/c1-17(2)14-18-12-13-29-25(15-18)24-5-3-4-23-22-11-8-20(16-26(22)30-27(23)24)19-6-9-21(28)10-7-19;1-16(2,3)13-9-10-14(15-11-13)12-7-5-4-6-8-12;/h3-4,6-13,15-17H,14H2,1-2H3;4-7,9-11H,1-3H3;/q2*-1;/i14D2;;.